The number of pyridine rings is 2. The molecule has 2 amide bonds. The lowest BCUT2D eigenvalue weighted by molar-refractivity contribution is -0.138. The first-order valence-corrected chi connectivity index (χ1v) is 12.7. The molecule has 3 unspecified atom stereocenters. The van der Waals surface area contributed by atoms with Crippen LogP contribution in [0.1, 0.15) is 54.6 Å². The van der Waals surface area contributed by atoms with Crippen molar-refractivity contribution < 1.29 is 18.4 Å². The van der Waals surface area contributed by atoms with Crippen LogP contribution >= 0.6 is 0 Å². The molecule has 1 aliphatic rings. The third-order valence-electron chi connectivity index (χ3n) is 6.98. The first kappa shape index (κ1) is 26.2. The number of likely N-dealkylation sites (tertiary alicyclic amines) is 1. The summed E-state index contributed by atoms with van der Waals surface area (Å²) < 4.78 is 30.7. The van der Waals surface area contributed by atoms with Crippen LogP contribution in [0.3, 0.4) is 0 Å². The van der Waals surface area contributed by atoms with Gasteiger partial charge in [-0.2, -0.15) is 9.49 Å². The molecule has 4 aromatic rings. The predicted octanol–water partition coefficient (Wildman–Crippen LogP) is 3.07. The van der Waals surface area contributed by atoms with Gasteiger partial charge in [0.2, 0.25) is 17.8 Å². The fraction of sp³-hybridized carbons (Fsp3) is 0.321. The van der Waals surface area contributed by atoms with Gasteiger partial charge in [-0.1, -0.05) is 56.3 Å². The lowest BCUT2D eigenvalue weighted by Crippen LogP contribution is -2.47. The zero-order valence-corrected chi connectivity index (χ0v) is 21.5. The normalized spacial score (nSPS) is 18.0. The first-order chi connectivity index (χ1) is 18.7. The summed E-state index contributed by atoms with van der Waals surface area (Å²) in [5.74, 6) is -1.73. The molecule has 1 saturated heterocycles. The average Bonchev–Trinajstić information content (AvgIpc) is 3.50. The highest BCUT2D eigenvalue weighted by molar-refractivity contribution is 5.90. The van der Waals surface area contributed by atoms with Gasteiger partial charge in [-0.05, 0) is 23.6 Å². The van der Waals surface area contributed by atoms with E-state index in [4.69, 9.17) is 0 Å². The Labute approximate surface area is 222 Å². The van der Waals surface area contributed by atoms with E-state index in [1.54, 1.807) is 48.5 Å². The van der Waals surface area contributed by atoms with Gasteiger partial charge in [-0.3, -0.25) is 14.0 Å². The Kier molecular flexibility index (Phi) is 7.23. The number of amides is 2. The van der Waals surface area contributed by atoms with Crippen molar-refractivity contribution in [2.75, 3.05) is 6.54 Å². The third-order valence-corrected chi connectivity index (χ3v) is 6.98. The zero-order valence-electron chi connectivity index (χ0n) is 21.5. The smallest absolute Gasteiger partial charge is 0.342 e. The second-order valence-corrected chi connectivity index (χ2v) is 9.95. The number of carbonyl (C=O) groups excluding carboxylic acids is 2. The van der Waals surface area contributed by atoms with Gasteiger partial charge in [0.1, 0.15) is 12.2 Å². The second kappa shape index (κ2) is 10.8. The molecule has 202 valence electrons. The molecule has 1 aromatic carbocycles. The van der Waals surface area contributed by atoms with Crippen molar-refractivity contribution in [3.8, 4) is 0 Å². The van der Waals surface area contributed by atoms with Gasteiger partial charge in [0.15, 0.2) is 5.65 Å². The van der Waals surface area contributed by atoms with Crippen molar-refractivity contribution in [3.63, 3.8) is 0 Å². The number of rotatable bonds is 7. The summed E-state index contributed by atoms with van der Waals surface area (Å²) in [6.45, 7) is 3.49. The van der Waals surface area contributed by atoms with E-state index in [1.807, 2.05) is 19.9 Å². The fourth-order valence-corrected chi connectivity index (χ4v) is 4.96. The largest absolute Gasteiger partial charge is 0.347 e. The zero-order chi connectivity index (χ0) is 27.7. The van der Waals surface area contributed by atoms with Crippen LogP contribution in [0, 0.1) is 5.95 Å². The Morgan fingerprint density at radius 2 is 1.90 bits per heavy atom. The molecule has 1 aliphatic heterocycles. The minimum atomic E-state index is -1.38. The number of fused-ring (bicyclic) bond motifs is 1. The van der Waals surface area contributed by atoms with Crippen LogP contribution in [0.15, 0.2) is 65.6 Å². The molecule has 39 heavy (non-hydrogen) atoms. The molecule has 0 saturated carbocycles. The van der Waals surface area contributed by atoms with E-state index in [9.17, 15) is 23.2 Å². The minimum Gasteiger partial charge on any atom is -0.342 e. The summed E-state index contributed by atoms with van der Waals surface area (Å²) in [5.41, 5.74) is 1.72. The maximum Gasteiger partial charge on any atom is 0.347 e. The van der Waals surface area contributed by atoms with Crippen LogP contribution in [-0.4, -0.2) is 55.1 Å². The molecule has 0 radical (unpaired) electrons. The molecule has 0 aliphatic carbocycles. The van der Waals surface area contributed by atoms with Crippen molar-refractivity contribution in [2.24, 2.45) is 0 Å². The lowest BCUT2D eigenvalue weighted by Gasteiger charge is -2.27. The van der Waals surface area contributed by atoms with E-state index < -0.39 is 41.7 Å². The quantitative estimate of drug-likeness (QED) is 0.354. The van der Waals surface area contributed by atoms with Crippen molar-refractivity contribution >= 4 is 17.5 Å². The highest BCUT2D eigenvalue weighted by atomic mass is 19.1. The number of aromatic amines is 1. The molecule has 4 heterocycles. The molecule has 2 N–H and O–H groups in total. The predicted molar refractivity (Wildman–Crippen MR) is 139 cm³/mol. The highest BCUT2D eigenvalue weighted by Gasteiger charge is 2.40. The molecular formula is C28H28F2N6O3. The number of aromatic nitrogens is 4. The number of alkyl halides is 1. The van der Waals surface area contributed by atoms with Crippen LogP contribution in [0.25, 0.3) is 5.65 Å². The van der Waals surface area contributed by atoms with Gasteiger partial charge < -0.3 is 10.2 Å². The van der Waals surface area contributed by atoms with Gasteiger partial charge in [0.25, 0.3) is 0 Å². The second-order valence-electron chi connectivity index (χ2n) is 9.95. The summed E-state index contributed by atoms with van der Waals surface area (Å²) in [6, 6.07) is 13.6. The molecule has 3 atom stereocenters. The number of nitrogens with zero attached hydrogens (tertiary/aromatic N) is 4. The number of H-pyrrole nitrogens is 1. The molecule has 5 rings (SSSR count). The number of carbonyl (C=O) groups is 2. The van der Waals surface area contributed by atoms with Gasteiger partial charge in [-0.15, -0.1) is 0 Å². The summed E-state index contributed by atoms with van der Waals surface area (Å²) >= 11 is 0. The van der Waals surface area contributed by atoms with Crippen LogP contribution in [0.5, 0.6) is 0 Å². The number of benzene rings is 1. The Hall–Kier alpha value is -4.41. The minimum absolute atomic E-state index is 0.0678. The molecule has 3 aromatic heterocycles. The van der Waals surface area contributed by atoms with Crippen LogP contribution in [-0.2, 0) is 16.0 Å². The number of hydrogen-bond acceptors (Lipinski definition) is 5. The number of hydrogen-bond donors (Lipinski definition) is 2. The van der Waals surface area contributed by atoms with E-state index >= 15 is 0 Å². The molecule has 9 nitrogen and oxygen atoms in total. The molecule has 0 bridgehead atoms. The van der Waals surface area contributed by atoms with Crippen LogP contribution < -0.4 is 11.0 Å². The summed E-state index contributed by atoms with van der Waals surface area (Å²) in [4.78, 5) is 44.1. The maximum atomic E-state index is 14.8. The Bertz CT molecular complexity index is 1570. The molecule has 1 fully saturated rings. The van der Waals surface area contributed by atoms with Crippen molar-refractivity contribution in [3.05, 3.63) is 99.6 Å². The maximum absolute atomic E-state index is 14.8. The molecule has 0 spiro atoms. The van der Waals surface area contributed by atoms with Crippen molar-refractivity contribution in [1.29, 1.82) is 0 Å². The van der Waals surface area contributed by atoms with Gasteiger partial charge in [0, 0.05) is 23.7 Å². The summed E-state index contributed by atoms with van der Waals surface area (Å²) in [6.07, 6.45) is -0.201. The highest BCUT2D eigenvalue weighted by Crippen LogP contribution is 2.27. The van der Waals surface area contributed by atoms with Gasteiger partial charge in [0.05, 0.1) is 24.7 Å². The fourth-order valence-electron chi connectivity index (χ4n) is 4.96. The van der Waals surface area contributed by atoms with Crippen LogP contribution in [0.2, 0.25) is 0 Å². The van der Waals surface area contributed by atoms with Gasteiger partial charge in [-0.25, -0.2) is 19.3 Å². The van der Waals surface area contributed by atoms with E-state index in [0.29, 0.717) is 22.4 Å². The Morgan fingerprint density at radius 1 is 1.13 bits per heavy atom. The monoisotopic (exact) mass is 534 g/mol. The first-order valence-electron chi connectivity index (χ1n) is 12.7. The van der Waals surface area contributed by atoms with E-state index in [2.05, 4.69) is 20.5 Å². The molecular weight excluding hydrogens is 506 g/mol. The topological polar surface area (TPSA) is 112 Å². The van der Waals surface area contributed by atoms with Crippen molar-refractivity contribution in [1.82, 2.24) is 29.8 Å². The third kappa shape index (κ3) is 5.29. The SMILES string of the molecule is CC(C)c1ccc(C(NC(=O)C2CC(F)CN2C(=O)Cc2cccn3c(=O)[nH]nc23)c2ccccc2)nc1F. The summed E-state index contributed by atoms with van der Waals surface area (Å²) in [5, 5.41) is 9.18. The summed E-state index contributed by atoms with van der Waals surface area (Å²) in [7, 11) is 0. The van der Waals surface area contributed by atoms with Gasteiger partial charge >= 0.3 is 5.69 Å². The van der Waals surface area contributed by atoms with Crippen molar-refractivity contribution in [2.45, 2.75) is 50.9 Å². The molecule has 11 heteroatoms. The Balaban J connectivity index is 1.40. The van der Waals surface area contributed by atoms with E-state index in [0.717, 1.165) is 0 Å². The number of nitrogens with one attached hydrogen (secondary N) is 2. The van der Waals surface area contributed by atoms with Crippen LogP contribution in [0.4, 0.5) is 8.78 Å². The number of halogens is 2. The van der Waals surface area contributed by atoms with E-state index in [-0.39, 0.29) is 31.0 Å². The Morgan fingerprint density at radius 3 is 2.62 bits per heavy atom. The van der Waals surface area contributed by atoms with E-state index in [1.165, 1.54) is 15.5 Å². The lowest BCUT2D eigenvalue weighted by atomic mass is 9.99. The standard InChI is InChI=1S/C28H28F2N6O3/c1-16(2)20-10-11-21(31-25(20)30)24(17-7-4-3-5-8-17)32-27(38)22-14-19(29)15-36(22)23(37)13-18-9-6-12-35-26(18)33-34-28(35)39/h3-12,16,19,22,24H,13-15H2,1-2H3,(H,32,38)(H,34,39). The average molecular weight is 535 g/mol.